The fourth-order valence-electron chi connectivity index (χ4n) is 5.54. The highest BCUT2D eigenvalue weighted by Crippen LogP contribution is 2.43. The van der Waals surface area contributed by atoms with Crippen LogP contribution in [0.25, 0.3) is 22.4 Å². The Labute approximate surface area is 194 Å². The molecule has 0 radical (unpaired) electrons. The molecule has 2 aromatic heterocycles. The molecule has 1 unspecified atom stereocenters. The number of nitriles is 1. The van der Waals surface area contributed by atoms with Crippen LogP contribution >= 0.6 is 0 Å². The largest absolute Gasteiger partial charge is 0.507 e. The maximum Gasteiger partial charge on any atom is 0.151 e. The molecular weight excluding hydrogens is 412 g/mol. The minimum atomic E-state index is 0.119. The molecule has 0 aliphatic carbocycles. The summed E-state index contributed by atoms with van der Waals surface area (Å²) in [4.78, 5) is 6.25. The Hall–Kier alpha value is -3.50. The van der Waals surface area contributed by atoms with Gasteiger partial charge in [0, 0.05) is 35.9 Å². The van der Waals surface area contributed by atoms with E-state index in [-0.39, 0.29) is 16.8 Å². The fourth-order valence-corrected chi connectivity index (χ4v) is 5.54. The summed E-state index contributed by atoms with van der Waals surface area (Å²) in [7, 11) is 2.10. The molecule has 2 fully saturated rings. The first-order chi connectivity index (χ1) is 15.8. The lowest BCUT2D eigenvalue weighted by atomic mass is 9.84. The van der Waals surface area contributed by atoms with Crippen molar-refractivity contribution in [3.8, 4) is 34.2 Å². The van der Waals surface area contributed by atoms with Gasteiger partial charge in [-0.1, -0.05) is 6.07 Å². The maximum atomic E-state index is 10.7. The minimum Gasteiger partial charge on any atom is -0.507 e. The number of pyridine rings is 1. The molecule has 2 bridgehead atoms. The highest BCUT2D eigenvalue weighted by molar-refractivity contribution is 5.74. The van der Waals surface area contributed by atoms with E-state index < -0.39 is 0 Å². The average molecular weight is 441 g/mol. The van der Waals surface area contributed by atoms with Crippen molar-refractivity contribution in [2.45, 2.75) is 56.7 Å². The van der Waals surface area contributed by atoms with E-state index in [0.29, 0.717) is 23.0 Å². The van der Waals surface area contributed by atoms with E-state index in [1.165, 1.54) is 12.8 Å². The molecule has 0 amide bonds. The average Bonchev–Trinajstić information content (AvgIpc) is 3.05. The molecule has 5 rings (SSSR count). The lowest BCUT2D eigenvalue weighted by Crippen LogP contribution is -2.58. The first kappa shape index (κ1) is 21.4. The number of nitrogens with zero attached hydrogens (tertiary/aromatic N) is 5. The Balaban J connectivity index is 1.36. The molecule has 0 spiro atoms. The number of phenols is 1. The van der Waals surface area contributed by atoms with Crippen LogP contribution in [0.15, 0.2) is 48.7 Å². The SMILES string of the molecule is CN(c1ccc(-c2ccc(-c3ccnc(C#N)c3)cc2O)nn1)C1C[C@]2(C)CC[C@](C)(C1)N2. The van der Waals surface area contributed by atoms with E-state index in [4.69, 9.17) is 5.26 Å². The quantitative estimate of drug-likeness (QED) is 0.625. The second-order valence-electron chi connectivity index (χ2n) is 9.97. The third kappa shape index (κ3) is 4.03. The minimum absolute atomic E-state index is 0.119. The molecule has 2 aliphatic rings. The molecule has 2 saturated heterocycles. The van der Waals surface area contributed by atoms with Gasteiger partial charge in [0.25, 0.3) is 0 Å². The molecule has 1 aromatic carbocycles. The van der Waals surface area contributed by atoms with E-state index in [1.807, 2.05) is 36.4 Å². The number of aromatic hydroxyl groups is 1. The van der Waals surface area contributed by atoms with E-state index in [1.54, 1.807) is 18.3 Å². The van der Waals surface area contributed by atoms with Crippen LogP contribution in [0.1, 0.15) is 45.2 Å². The van der Waals surface area contributed by atoms with Crippen molar-refractivity contribution in [1.82, 2.24) is 20.5 Å². The number of aromatic nitrogens is 3. The van der Waals surface area contributed by atoms with Gasteiger partial charge in [-0.15, -0.1) is 10.2 Å². The Morgan fingerprint density at radius 1 is 1.03 bits per heavy atom. The van der Waals surface area contributed by atoms with Crippen LogP contribution in [0.5, 0.6) is 5.75 Å². The van der Waals surface area contributed by atoms with Gasteiger partial charge in [0.1, 0.15) is 17.5 Å². The van der Waals surface area contributed by atoms with Crippen molar-refractivity contribution >= 4 is 5.82 Å². The van der Waals surface area contributed by atoms with Crippen LogP contribution in [0.2, 0.25) is 0 Å². The summed E-state index contributed by atoms with van der Waals surface area (Å²) >= 11 is 0. The molecule has 3 aromatic rings. The number of hydrogen-bond donors (Lipinski definition) is 2. The van der Waals surface area contributed by atoms with E-state index in [2.05, 4.69) is 46.3 Å². The summed E-state index contributed by atoms with van der Waals surface area (Å²) in [5, 5.41) is 32.5. The van der Waals surface area contributed by atoms with Crippen LogP contribution in [0, 0.1) is 11.3 Å². The summed E-state index contributed by atoms with van der Waals surface area (Å²) in [6.07, 6.45) is 6.20. The number of benzene rings is 1. The monoisotopic (exact) mass is 440 g/mol. The lowest BCUT2D eigenvalue weighted by Gasteiger charge is -2.45. The van der Waals surface area contributed by atoms with Gasteiger partial charge in [-0.3, -0.25) is 0 Å². The first-order valence-electron chi connectivity index (χ1n) is 11.3. The number of hydrogen-bond acceptors (Lipinski definition) is 7. The standard InChI is InChI=1S/C26H28N6O/c1-25-9-10-26(2,31-25)15-20(14-25)32(3)24-7-6-22(29-30-24)21-5-4-17(13-23(21)33)18-8-11-28-19(12-18)16-27/h4-8,11-13,20,31,33H,9-10,14-15H2,1-3H3/t20?,25-,26+. The van der Waals surface area contributed by atoms with Crippen LogP contribution in [-0.4, -0.2) is 44.5 Å². The number of anilines is 1. The van der Waals surface area contributed by atoms with Gasteiger partial charge in [-0.05, 0) is 87.1 Å². The predicted molar refractivity (Wildman–Crippen MR) is 128 cm³/mol. The maximum absolute atomic E-state index is 10.7. The third-order valence-corrected chi connectivity index (χ3v) is 7.25. The summed E-state index contributed by atoms with van der Waals surface area (Å²) in [6.45, 7) is 4.65. The molecule has 4 heterocycles. The van der Waals surface area contributed by atoms with Gasteiger partial charge >= 0.3 is 0 Å². The number of rotatable bonds is 4. The zero-order chi connectivity index (χ0) is 23.2. The predicted octanol–water partition coefficient (Wildman–Crippen LogP) is 4.28. The first-order valence-corrected chi connectivity index (χ1v) is 11.3. The Morgan fingerprint density at radius 3 is 2.39 bits per heavy atom. The number of nitrogens with one attached hydrogen (secondary N) is 1. The van der Waals surface area contributed by atoms with Crippen molar-refractivity contribution < 1.29 is 5.11 Å². The van der Waals surface area contributed by atoms with Crippen molar-refractivity contribution in [2.24, 2.45) is 0 Å². The van der Waals surface area contributed by atoms with Crippen LogP contribution in [-0.2, 0) is 0 Å². The van der Waals surface area contributed by atoms with Crippen molar-refractivity contribution in [3.05, 3.63) is 54.4 Å². The summed E-state index contributed by atoms with van der Waals surface area (Å²) < 4.78 is 0. The second-order valence-corrected chi connectivity index (χ2v) is 9.97. The highest BCUT2D eigenvalue weighted by Gasteiger charge is 2.49. The smallest absolute Gasteiger partial charge is 0.151 e. The molecule has 7 heteroatoms. The lowest BCUT2D eigenvalue weighted by molar-refractivity contribution is 0.207. The summed E-state index contributed by atoms with van der Waals surface area (Å²) in [6, 6.07) is 15.3. The highest BCUT2D eigenvalue weighted by atomic mass is 16.3. The normalized spacial score (nSPS) is 26.1. The summed E-state index contributed by atoms with van der Waals surface area (Å²) in [5.41, 5.74) is 3.59. The molecule has 168 valence electrons. The van der Waals surface area contributed by atoms with Gasteiger partial charge in [-0.25, -0.2) is 4.98 Å². The third-order valence-electron chi connectivity index (χ3n) is 7.25. The zero-order valence-corrected chi connectivity index (χ0v) is 19.2. The van der Waals surface area contributed by atoms with Crippen molar-refractivity contribution in [2.75, 3.05) is 11.9 Å². The molecule has 3 atom stereocenters. The van der Waals surface area contributed by atoms with Gasteiger partial charge in [0.05, 0.1) is 5.69 Å². The van der Waals surface area contributed by atoms with Gasteiger partial charge in [0.15, 0.2) is 5.82 Å². The zero-order valence-electron chi connectivity index (χ0n) is 19.2. The molecule has 2 aliphatic heterocycles. The Kier molecular flexibility index (Phi) is 5.06. The van der Waals surface area contributed by atoms with E-state index in [0.717, 1.165) is 29.8 Å². The Bertz CT molecular complexity index is 1220. The van der Waals surface area contributed by atoms with Crippen molar-refractivity contribution in [1.29, 1.82) is 5.26 Å². The fraction of sp³-hybridized carbons (Fsp3) is 0.385. The van der Waals surface area contributed by atoms with Crippen molar-refractivity contribution in [3.63, 3.8) is 0 Å². The Morgan fingerprint density at radius 2 is 1.76 bits per heavy atom. The second kappa shape index (κ2) is 7.82. The van der Waals surface area contributed by atoms with Crippen LogP contribution in [0.4, 0.5) is 5.82 Å². The molecule has 33 heavy (non-hydrogen) atoms. The van der Waals surface area contributed by atoms with E-state index in [9.17, 15) is 5.11 Å². The summed E-state index contributed by atoms with van der Waals surface area (Å²) in [5.74, 6) is 0.961. The number of fused-ring (bicyclic) bond motifs is 2. The van der Waals surface area contributed by atoms with Gasteiger partial charge in [-0.2, -0.15) is 5.26 Å². The number of piperidine rings is 1. The van der Waals surface area contributed by atoms with Gasteiger partial charge < -0.3 is 15.3 Å². The van der Waals surface area contributed by atoms with E-state index >= 15 is 0 Å². The molecule has 0 saturated carbocycles. The molecular formula is C26H28N6O. The van der Waals surface area contributed by atoms with Crippen LogP contribution in [0.3, 0.4) is 0 Å². The number of phenolic OH excluding ortho intramolecular Hbond substituents is 1. The van der Waals surface area contributed by atoms with Crippen LogP contribution < -0.4 is 10.2 Å². The topological polar surface area (TPSA) is 98.0 Å². The molecule has 2 N–H and O–H groups in total. The molecule has 7 nitrogen and oxygen atoms in total. The van der Waals surface area contributed by atoms with Gasteiger partial charge in [0.2, 0.25) is 0 Å².